The standard InChI is InChI=1S/C52H74N2O9/c1-4-6-7-8-9-10-11-12-13-25-48(58)54(3)47-36-45(53-63-49-26-16-19-32-59-49)43-34-39(22-14-17-29-55)42(24-15-18-30-56)50-44-35-41(61-40-23-20-21-38(33-40)37-57)27-28-46(44)62-52(47,51(43)50)60-31-5-2/h5,20-21,23,27-28,33-35,37,39,42,47,49-51,55-56H,2,4,6-19,22,24-26,29-32,36H2,1,3H3. The molecule has 2 N–H and O–H groups in total. The van der Waals surface area contributed by atoms with E-state index in [4.69, 9.17) is 28.9 Å². The normalized spacial score (nSPS) is 25.6. The quantitative estimate of drug-likeness (QED) is 0.0389. The first-order valence-corrected chi connectivity index (χ1v) is 24.2. The molecule has 63 heavy (non-hydrogen) atoms. The highest BCUT2D eigenvalue weighted by molar-refractivity contribution is 6.03. The highest BCUT2D eigenvalue weighted by Gasteiger charge is 2.65. The summed E-state index contributed by atoms with van der Waals surface area (Å²) in [5, 5.41) is 24.8. The van der Waals surface area contributed by atoms with Crippen LogP contribution >= 0.6 is 0 Å². The third kappa shape index (κ3) is 12.4. The smallest absolute Gasteiger partial charge is 0.239 e. The zero-order valence-electron chi connectivity index (χ0n) is 38.1. The van der Waals surface area contributed by atoms with E-state index in [1.165, 1.54) is 38.5 Å². The van der Waals surface area contributed by atoms with Gasteiger partial charge in [-0.3, -0.25) is 9.59 Å². The molecular weight excluding hydrogens is 797 g/mol. The number of likely N-dealkylation sites (N-methyl/N-ethyl adjacent to an activating group) is 1. The Balaban J connectivity index is 1.43. The maximum Gasteiger partial charge on any atom is 0.239 e. The molecule has 2 aromatic rings. The lowest BCUT2D eigenvalue weighted by atomic mass is 9.55. The number of amides is 1. The molecule has 1 saturated heterocycles. The van der Waals surface area contributed by atoms with Crippen LogP contribution in [0.3, 0.4) is 0 Å². The van der Waals surface area contributed by atoms with E-state index in [0.717, 1.165) is 87.3 Å². The van der Waals surface area contributed by atoms with Crippen molar-refractivity contribution in [1.82, 2.24) is 4.90 Å². The van der Waals surface area contributed by atoms with E-state index in [-0.39, 0.29) is 43.5 Å². The summed E-state index contributed by atoms with van der Waals surface area (Å²) in [6.07, 6.45) is 23.2. The van der Waals surface area contributed by atoms with E-state index in [2.05, 4.69) is 25.6 Å². The highest BCUT2D eigenvalue weighted by atomic mass is 16.8. The number of ether oxygens (including phenoxy) is 4. The Bertz CT molecular complexity index is 1820. The van der Waals surface area contributed by atoms with E-state index in [1.54, 1.807) is 24.3 Å². The van der Waals surface area contributed by atoms with Gasteiger partial charge in [-0.2, -0.15) is 0 Å². The van der Waals surface area contributed by atoms with Crippen molar-refractivity contribution < 1.29 is 43.6 Å². The average molecular weight is 871 g/mol. The summed E-state index contributed by atoms with van der Waals surface area (Å²) in [5.74, 6) is 0.128. The summed E-state index contributed by atoms with van der Waals surface area (Å²) in [4.78, 5) is 34.2. The largest absolute Gasteiger partial charge is 0.459 e. The molecule has 4 aliphatic rings. The van der Waals surface area contributed by atoms with E-state index < -0.39 is 24.0 Å². The molecule has 1 amide bonds. The van der Waals surface area contributed by atoms with Crippen LogP contribution in [0.25, 0.3) is 0 Å². The lowest BCUT2D eigenvalue weighted by Gasteiger charge is -2.59. The molecule has 0 aromatic heterocycles. The Labute approximate surface area is 376 Å². The molecule has 11 heteroatoms. The van der Waals surface area contributed by atoms with Crippen LogP contribution in [0.5, 0.6) is 17.2 Å². The molecule has 2 fully saturated rings. The number of allylic oxidation sites excluding steroid dienone is 1. The molecule has 2 heterocycles. The topological polar surface area (TPSA) is 136 Å². The first-order chi connectivity index (χ1) is 30.9. The number of oxime groups is 1. The fourth-order valence-electron chi connectivity index (χ4n) is 10.4. The zero-order valence-corrected chi connectivity index (χ0v) is 38.1. The van der Waals surface area contributed by atoms with Gasteiger partial charge in [0.2, 0.25) is 18.0 Å². The van der Waals surface area contributed by atoms with Gasteiger partial charge >= 0.3 is 0 Å². The zero-order chi connectivity index (χ0) is 44.4. The predicted molar refractivity (Wildman–Crippen MR) is 246 cm³/mol. The Morgan fingerprint density at radius 3 is 2.40 bits per heavy atom. The molecule has 2 aliphatic carbocycles. The minimum absolute atomic E-state index is 0.0391. The summed E-state index contributed by atoms with van der Waals surface area (Å²) < 4.78 is 26.8. The number of nitrogens with zero attached hydrogens (tertiary/aromatic N) is 2. The monoisotopic (exact) mass is 871 g/mol. The van der Waals surface area contributed by atoms with Gasteiger partial charge in [-0.05, 0) is 92.7 Å². The second kappa shape index (κ2) is 24.9. The molecule has 0 bridgehead atoms. The van der Waals surface area contributed by atoms with E-state index in [9.17, 15) is 19.8 Å². The lowest BCUT2D eigenvalue weighted by molar-refractivity contribution is -0.256. The number of aldehydes is 1. The van der Waals surface area contributed by atoms with Crippen LogP contribution in [0.2, 0.25) is 0 Å². The second-order valence-electron chi connectivity index (χ2n) is 18.0. The second-order valence-corrected chi connectivity index (χ2v) is 18.0. The van der Waals surface area contributed by atoms with Crippen molar-refractivity contribution in [2.75, 3.05) is 33.5 Å². The minimum atomic E-state index is -1.31. The van der Waals surface area contributed by atoms with Crippen LogP contribution in [0.15, 0.2) is 71.9 Å². The number of carbonyl (C=O) groups excluding carboxylic acids is 2. The summed E-state index contributed by atoms with van der Waals surface area (Å²) in [6.45, 7) is 7.34. The maximum atomic E-state index is 14.5. The van der Waals surface area contributed by atoms with Crippen molar-refractivity contribution in [3.63, 3.8) is 0 Å². The number of rotatable bonds is 27. The van der Waals surface area contributed by atoms with Crippen LogP contribution in [0.1, 0.15) is 157 Å². The Hall–Kier alpha value is -4.03. The Morgan fingerprint density at radius 2 is 1.68 bits per heavy atom. The van der Waals surface area contributed by atoms with Crippen LogP contribution in [-0.4, -0.2) is 84.6 Å². The number of hydrogen-bond donors (Lipinski definition) is 2. The van der Waals surface area contributed by atoms with Gasteiger partial charge < -0.3 is 38.9 Å². The van der Waals surface area contributed by atoms with Crippen LogP contribution in [-0.2, 0) is 19.1 Å². The van der Waals surface area contributed by atoms with E-state index >= 15 is 0 Å². The van der Waals surface area contributed by atoms with Crippen molar-refractivity contribution in [3.05, 3.63) is 77.9 Å². The molecule has 7 atom stereocenters. The van der Waals surface area contributed by atoms with Crippen molar-refractivity contribution in [2.45, 2.75) is 159 Å². The number of unbranched alkanes of at least 4 members (excludes halogenated alkanes) is 10. The van der Waals surface area contributed by atoms with Gasteiger partial charge in [-0.25, -0.2) is 0 Å². The van der Waals surface area contributed by atoms with Crippen molar-refractivity contribution in [3.8, 4) is 17.2 Å². The number of aliphatic hydroxyl groups excluding tert-OH is 2. The average Bonchev–Trinajstić information content (AvgIpc) is 3.31. The van der Waals surface area contributed by atoms with Gasteiger partial charge in [0.05, 0.1) is 24.8 Å². The van der Waals surface area contributed by atoms with Gasteiger partial charge in [0.25, 0.3) is 0 Å². The third-order valence-electron chi connectivity index (χ3n) is 13.6. The molecular formula is C52H74N2O9. The van der Waals surface area contributed by atoms with Gasteiger partial charge in [-0.1, -0.05) is 101 Å². The van der Waals surface area contributed by atoms with Crippen molar-refractivity contribution >= 4 is 17.9 Å². The molecule has 7 unspecified atom stereocenters. The van der Waals surface area contributed by atoms with Crippen LogP contribution < -0.4 is 9.47 Å². The number of carbonyl (C=O) groups is 2. The fraction of sp³-hybridized carbons (Fsp3) is 0.635. The van der Waals surface area contributed by atoms with E-state index in [1.807, 2.05) is 30.1 Å². The molecule has 11 nitrogen and oxygen atoms in total. The minimum Gasteiger partial charge on any atom is -0.459 e. The van der Waals surface area contributed by atoms with Gasteiger partial charge in [0, 0.05) is 56.6 Å². The highest BCUT2D eigenvalue weighted by Crippen LogP contribution is 2.62. The van der Waals surface area contributed by atoms with Crippen LogP contribution in [0.4, 0.5) is 0 Å². The number of hydrogen-bond acceptors (Lipinski definition) is 10. The van der Waals surface area contributed by atoms with Crippen molar-refractivity contribution in [1.29, 1.82) is 0 Å². The summed E-state index contributed by atoms with van der Waals surface area (Å²) in [6, 6.07) is 12.4. The van der Waals surface area contributed by atoms with Crippen molar-refractivity contribution in [2.24, 2.45) is 22.9 Å². The SMILES string of the molecule is C=CCOC12Oc3ccc(Oc4cccc(C=O)c4)cc3C3C(CCCCO)C(CCCCO)C=C(C(=NOC4CCCCO4)CC1N(C)C(=O)CCCCCCCCCCC)C32. The third-order valence-corrected chi connectivity index (χ3v) is 13.6. The Morgan fingerprint density at radius 1 is 0.937 bits per heavy atom. The molecule has 0 radical (unpaired) electrons. The maximum absolute atomic E-state index is 14.5. The molecule has 346 valence electrons. The lowest BCUT2D eigenvalue weighted by Crippen LogP contribution is -2.69. The first-order valence-electron chi connectivity index (χ1n) is 24.2. The van der Waals surface area contributed by atoms with Gasteiger partial charge in [0.1, 0.15) is 29.6 Å². The summed E-state index contributed by atoms with van der Waals surface area (Å²) in [5.41, 5.74) is 3.23. The number of aliphatic hydroxyl groups is 2. The number of fused-ring (bicyclic) bond motifs is 2. The van der Waals surface area contributed by atoms with Gasteiger partial charge in [0.15, 0.2) is 0 Å². The predicted octanol–water partition coefficient (Wildman–Crippen LogP) is 10.8. The summed E-state index contributed by atoms with van der Waals surface area (Å²) in [7, 11) is 1.88. The van der Waals surface area contributed by atoms with Crippen LogP contribution in [0, 0.1) is 17.8 Å². The molecule has 1 saturated carbocycles. The number of benzene rings is 2. The molecule has 2 aliphatic heterocycles. The summed E-state index contributed by atoms with van der Waals surface area (Å²) >= 11 is 0. The van der Waals surface area contributed by atoms with E-state index in [0.29, 0.717) is 55.1 Å². The molecule has 0 spiro atoms. The molecule has 6 rings (SSSR count). The first kappa shape index (κ1) is 48.4. The Kier molecular flexibility index (Phi) is 19.1. The van der Waals surface area contributed by atoms with Gasteiger partial charge in [-0.15, -0.1) is 6.58 Å². The molecule has 2 aromatic carbocycles. The fourth-order valence-corrected chi connectivity index (χ4v) is 10.4.